The van der Waals surface area contributed by atoms with E-state index in [1.807, 2.05) is 30.3 Å². The number of benzene rings is 2. The van der Waals surface area contributed by atoms with E-state index in [4.69, 9.17) is 0 Å². The van der Waals surface area contributed by atoms with Gasteiger partial charge in [-0.1, -0.05) is 30.3 Å². The number of non-ortho nitro benzene ring substituents is 1. The zero-order valence-corrected chi connectivity index (χ0v) is 15.4. The lowest BCUT2D eigenvalue weighted by molar-refractivity contribution is -0.384. The first kappa shape index (κ1) is 20.5. The predicted molar refractivity (Wildman–Crippen MR) is 103 cm³/mol. The summed E-state index contributed by atoms with van der Waals surface area (Å²) in [6.45, 7) is 1.87. The van der Waals surface area contributed by atoms with Crippen molar-refractivity contribution in [2.75, 3.05) is 13.1 Å². The maximum Gasteiger partial charge on any atom is 0.270 e. The van der Waals surface area contributed by atoms with Gasteiger partial charge in [0.05, 0.1) is 16.1 Å². The molecule has 3 rings (SSSR count). The number of halogens is 1. The molecule has 0 saturated heterocycles. The van der Waals surface area contributed by atoms with Crippen molar-refractivity contribution in [3.05, 3.63) is 75.3 Å². The highest BCUT2D eigenvalue weighted by atomic mass is 35.5. The van der Waals surface area contributed by atoms with Gasteiger partial charge in [-0.2, -0.15) is 0 Å². The topological polar surface area (TPSA) is 92.5 Å². The fourth-order valence-electron chi connectivity index (χ4n) is 2.94. The summed E-state index contributed by atoms with van der Waals surface area (Å²) in [5, 5.41) is 14.2. The number of nitrogens with zero attached hydrogens (tertiary/aromatic N) is 2. The molecule has 7 nitrogen and oxygen atoms in total. The Morgan fingerprint density at radius 1 is 0.963 bits per heavy atom. The lowest BCUT2D eigenvalue weighted by atomic mass is 10.1. The molecule has 0 saturated carbocycles. The second-order valence-electron chi connectivity index (χ2n) is 6.12. The van der Waals surface area contributed by atoms with Crippen LogP contribution in [0.25, 0.3) is 0 Å². The summed E-state index contributed by atoms with van der Waals surface area (Å²) in [6.07, 6.45) is 1.50. The molecule has 0 unspecified atom stereocenters. The lowest BCUT2D eigenvalue weighted by Gasteiger charge is -2.13. The van der Waals surface area contributed by atoms with E-state index >= 15 is 0 Å². The van der Waals surface area contributed by atoms with Gasteiger partial charge in [-0.15, -0.1) is 12.4 Å². The second kappa shape index (κ2) is 9.25. The van der Waals surface area contributed by atoms with E-state index in [0.717, 1.165) is 19.5 Å². The van der Waals surface area contributed by atoms with Crippen molar-refractivity contribution in [3.63, 3.8) is 0 Å². The third-order valence-electron chi connectivity index (χ3n) is 4.32. The van der Waals surface area contributed by atoms with Crippen molar-refractivity contribution < 1.29 is 14.5 Å². The van der Waals surface area contributed by atoms with Crippen molar-refractivity contribution in [1.29, 1.82) is 0 Å². The number of amides is 2. The van der Waals surface area contributed by atoms with Crippen LogP contribution in [0.15, 0.2) is 48.5 Å². The molecule has 0 fully saturated rings. The first-order chi connectivity index (χ1) is 12.6. The van der Waals surface area contributed by atoms with E-state index < -0.39 is 10.8 Å². The summed E-state index contributed by atoms with van der Waals surface area (Å²) in [6, 6.07) is 13.8. The van der Waals surface area contributed by atoms with Crippen LogP contribution in [0, 0.1) is 10.1 Å². The molecule has 0 spiro atoms. The van der Waals surface area contributed by atoms with Crippen LogP contribution in [0.5, 0.6) is 0 Å². The van der Waals surface area contributed by atoms with Crippen molar-refractivity contribution in [3.8, 4) is 0 Å². The molecule has 8 heteroatoms. The summed E-state index contributed by atoms with van der Waals surface area (Å²) < 4.78 is 0. The van der Waals surface area contributed by atoms with Crippen LogP contribution in [0.1, 0.15) is 39.1 Å². The Morgan fingerprint density at radius 3 is 2.37 bits per heavy atom. The third kappa shape index (κ3) is 4.69. The first-order valence-corrected chi connectivity index (χ1v) is 8.47. The zero-order chi connectivity index (χ0) is 18.5. The smallest absolute Gasteiger partial charge is 0.270 e. The van der Waals surface area contributed by atoms with E-state index in [2.05, 4.69) is 5.32 Å². The lowest BCUT2D eigenvalue weighted by Crippen LogP contribution is -2.31. The second-order valence-corrected chi connectivity index (χ2v) is 6.12. The Hall–Kier alpha value is -2.77. The molecule has 2 aromatic rings. The maximum atomic E-state index is 12.4. The number of imide groups is 1. The summed E-state index contributed by atoms with van der Waals surface area (Å²) in [5.41, 5.74) is 1.38. The molecule has 0 bridgehead atoms. The fourth-order valence-corrected chi connectivity index (χ4v) is 2.94. The Bertz CT molecular complexity index is 842. The van der Waals surface area contributed by atoms with E-state index in [0.29, 0.717) is 13.0 Å². The molecule has 1 heterocycles. The third-order valence-corrected chi connectivity index (χ3v) is 4.32. The number of nitro benzene ring substituents is 1. The first-order valence-electron chi connectivity index (χ1n) is 8.47. The fraction of sp³-hybridized carbons (Fsp3) is 0.263. The van der Waals surface area contributed by atoms with Crippen LogP contribution in [0.3, 0.4) is 0 Å². The van der Waals surface area contributed by atoms with Crippen LogP contribution in [0.4, 0.5) is 5.69 Å². The van der Waals surface area contributed by atoms with Gasteiger partial charge in [0, 0.05) is 25.2 Å². The molecule has 1 aliphatic heterocycles. The number of hydrogen-bond donors (Lipinski definition) is 1. The van der Waals surface area contributed by atoms with Crippen molar-refractivity contribution in [2.24, 2.45) is 0 Å². The van der Waals surface area contributed by atoms with Gasteiger partial charge in [0.1, 0.15) is 0 Å². The van der Waals surface area contributed by atoms with Gasteiger partial charge in [-0.25, -0.2) is 0 Å². The largest absolute Gasteiger partial charge is 0.313 e. The molecule has 142 valence electrons. The van der Waals surface area contributed by atoms with Crippen LogP contribution in [0.2, 0.25) is 0 Å². The van der Waals surface area contributed by atoms with E-state index in [1.54, 1.807) is 0 Å². The quantitative estimate of drug-likeness (QED) is 0.324. The summed E-state index contributed by atoms with van der Waals surface area (Å²) >= 11 is 0. The van der Waals surface area contributed by atoms with Gasteiger partial charge in [0.25, 0.3) is 17.5 Å². The van der Waals surface area contributed by atoms with Gasteiger partial charge in [0.15, 0.2) is 0 Å². The van der Waals surface area contributed by atoms with E-state index in [9.17, 15) is 19.7 Å². The Labute approximate surface area is 162 Å². The van der Waals surface area contributed by atoms with Gasteiger partial charge in [0.2, 0.25) is 0 Å². The van der Waals surface area contributed by atoms with E-state index in [-0.39, 0.29) is 35.1 Å². The van der Waals surface area contributed by atoms with Crippen LogP contribution < -0.4 is 5.32 Å². The van der Waals surface area contributed by atoms with Gasteiger partial charge in [-0.3, -0.25) is 24.6 Å². The predicted octanol–water partition coefficient (Wildman–Crippen LogP) is 3.18. The zero-order valence-electron chi connectivity index (χ0n) is 14.6. The average Bonchev–Trinajstić information content (AvgIpc) is 2.89. The molecule has 0 aliphatic carbocycles. The highest BCUT2D eigenvalue weighted by Gasteiger charge is 2.36. The van der Waals surface area contributed by atoms with Crippen LogP contribution in [-0.4, -0.2) is 34.7 Å². The van der Waals surface area contributed by atoms with Gasteiger partial charge < -0.3 is 5.32 Å². The molecule has 27 heavy (non-hydrogen) atoms. The number of fused-ring (bicyclic) bond motifs is 1. The molecule has 0 aromatic heterocycles. The van der Waals surface area contributed by atoms with Crippen molar-refractivity contribution >= 4 is 29.9 Å². The summed E-state index contributed by atoms with van der Waals surface area (Å²) in [7, 11) is 0. The minimum absolute atomic E-state index is 0. The Balaban J connectivity index is 0.00000261. The molecule has 0 atom stereocenters. The highest BCUT2D eigenvalue weighted by Crippen LogP contribution is 2.26. The summed E-state index contributed by atoms with van der Waals surface area (Å²) in [5.74, 6) is -0.830. The van der Waals surface area contributed by atoms with Crippen molar-refractivity contribution in [1.82, 2.24) is 10.2 Å². The van der Waals surface area contributed by atoms with Gasteiger partial charge in [-0.05, 0) is 31.0 Å². The average molecular weight is 390 g/mol. The summed E-state index contributed by atoms with van der Waals surface area (Å²) in [4.78, 5) is 36.1. The Kier molecular flexibility index (Phi) is 7.04. The Morgan fingerprint density at radius 2 is 1.67 bits per heavy atom. The molecule has 2 aromatic carbocycles. The number of rotatable bonds is 8. The van der Waals surface area contributed by atoms with Crippen molar-refractivity contribution in [2.45, 2.75) is 19.4 Å². The number of nitro groups is 1. The minimum atomic E-state index is -0.570. The molecular formula is C19H20ClN3O4. The van der Waals surface area contributed by atoms with Crippen LogP contribution >= 0.6 is 12.4 Å². The molecule has 2 amide bonds. The molecule has 1 aliphatic rings. The number of unbranched alkanes of at least 4 members (excludes halogenated alkanes) is 1. The monoisotopic (exact) mass is 389 g/mol. The maximum absolute atomic E-state index is 12.4. The highest BCUT2D eigenvalue weighted by molar-refractivity contribution is 6.21. The normalized spacial score (nSPS) is 12.7. The number of hydrogen-bond acceptors (Lipinski definition) is 5. The SMILES string of the molecule is Cl.O=C1c2ccc([N+](=O)[O-])cc2C(=O)N1CCCCNCc1ccccc1. The van der Waals surface area contributed by atoms with Gasteiger partial charge >= 0.3 is 0 Å². The molecule has 0 radical (unpaired) electrons. The standard InChI is InChI=1S/C19H19N3O4.ClH/c23-18-16-9-8-15(22(25)26)12-17(16)19(24)21(18)11-5-4-10-20-13-14-6-2-1-3-7-14;/h1-3,6-9,12,20H,4-5,10-11,13H2;1H. The van der Waals surface area contributed by atoms with Crippen LogP contribution in [-0.2, 0) is 6.54 Å². The number of carbonyl (C=O) groups excluding carboxylic acids is 2. The van der Waals surface area contributed by atoms with E-state index in [1.165, 1.54) is 28.7 Å². The molecular weight excluding hydrogens is 370 g/mol. The number of nitrogens with one attached hydrogen (secondary N) is 1. The molecule has 1 N–H and O–H groups in total. The number of carbonyl (C=O) groups is 2. The minimum Gasteiger partial charge on any atom is -0.313 e.